The van der Waals surface area contributed by atoms with Crippen molar-refractivity contribution >= 4 is 11.6 Å². The van der Waals surface area contributed by atoms with Crippen LogP contribution < -0.4 is 4.74 Å². The molecule has 0 spiro atoms. The van der Waals surface area contributed by atoms with Crippen LogP contribution in [0.4, 0.5) is 0 Å². The van der Waals surface area contributed by atoms with Gasteiger partial charge in [-0.2, -0.15) is 0 Å². The summed E-state index contributed by atoms with van der Waals surface area (Å²) in [6.07, 6.45) is 5.38. The summed E-state index contributed by atoms with van der Waals surface area (Å²) in [5.74, 6) is 2.51. The minimum Gasteiger partial charge on any atom is -0.490 e. The largest absolute Gasteiger partial charge is 0.490 e. The van der Waals surface area contributed by atoms with Crippen molar-refractivity contribution in [3.63, 3.8) is 0 Å². The highest BCUT2D eigenvalue weighted by Gasteiger charge is 2.20. The van der Waals surface area contributed by atoms with Gasteiger partial charge in [0.2, 0.25) is 0 Å². The lowest BCUT2D eigenvalue weighted by Gasteiger charge is -2.28. The van der Waals surface area contributed by atoms with E-state index >= 15 is 0 Å². The molecule has 18 heavy (non-hydrogen) atoms. The summed E-state index contributed by atoms with van der Waals surface area (Å²) in [5, 5.41) is 0. The molecule has 0 aliphatic heterocycles. The van der Waals surface area contributed by atoms with Crippen molar-refractivity contribution in [1.29, 1.82) is 0 Å². The van der Waals surface area contributed by atoms with E-state index in [0.717, 1.165) is 11.7 Å². The van der Waals surface area contributed by atoms with Crippen molar-refractivity contribution in [2.75, 3.05) is 0 Å². The molecule has 1 nitrogen and oxygen atoms in total. The molecule has 0 atom stereocenters. The predicted molar refractivity (Wildman–Crippen MR) is 77.5 cm³/mol. The van der Waals surface area contributed by atoms with Crippen molar-refractivity contribution in [1.82, 2.24) is 0 Å². The number of hydrogen-bond donors (Lipinski definition) is 0. The highest BCUT2D eigenvalue weighted by atomic mass is 35.5. The van der Waals surface area contributed by atoms with E-state index in [4.69, 9.17) is 16.3 Å². The Bertz CT molecular complexity index is 383. The molecule has 1 saturated carbocycles. The lowest BCUT2D eigenvalue weighted by atomic mass is 9.89. The Hall–Kier alpha value is -0.690. The van der Waals surface area contributed by atoms with E-state index in [1.807, 2.05) is 0 Å². The fraction of sp³-hybridized carbons (Fsp3) is 0.625. The molecule has 1 aromatic carbocycles. The molecule has 1 aliphatic rings. The maximum absolute atomic E-state index is 6.22. The highest BCUT2D eigenvalue weighted by Crippen LogP contribution is 2.31. The lowest BCUT2D eigenvalue weighted by Crippen LogP contribution is -2.23. The Morgan fingerprint density at radius 3 is 2.17 bits per heavy atom. The fourth-order valence-corrected chi connectivity index (χ4v) is 2.97. The molecule has 1 aromatic rings. The molecule has 1 fully saturated rings. The van der Waals surface area contributed by atoms with Crippen LogP contribution in [0.5, 0.6) is 5.75 Å². The first-order chi connectivity index (χ1) is 8.60. The number of aryl methyl sites for hydroxylation is 2. The number of alkyl halides is 1. The van der Waals surface area contributed by atoms with Gasteiger partial charge in [0.15, 0.2) is 0 Å². The maximum Gasteiger partial charge on any atom is 0.125 e. The average Bonchev–Trinajstić information content (AvgIpc) is 2.35. The summed E-state index contributed by atoms with van der Waals surface area (Å²) in [4.78, 5) is 0. The Morgan fingerprint density at radius 1 is 1.11 bits per heavy atom. The van der Waals surface area contributed by atoms with Crippen LogP contribution in [0.1, 0.15) is 49.3 Å². The Balaban J connectivity index is 2.09. The first-order valence-electron chi connectivity index (χ1n) is 6.93. The molecule has 2 rings (SSSR count). The molecule has 0 bridgehead atoms. The highest BCUT2D eigenvalue weighted by molar-refractivity contribution is 6.17. The normalized spacial score (nSPS) is 24.0. The van der Waals surface area contributed by atoms with E-state index in [1.54, 1.807) is 0 Å². The molecule has 0 heterocycles. The summed E-state index contributed by atoms with van der Waals surface area (Å²) >= 11 is 5.89. The smallest absolute Gasteiger partial charge is 0.125 e. The first kappa shape index (κ1) is 13.7. The van der Waals surface area contributed by atoms with Crippen molar-refractivity contribution in [3.05, 3.63) is 28.8 Å². The van der Waals surface area contributed by atoms with Gasteiger partial charge >= 0.3 is 0 Å². The minimum atomic E-state index is 0.403. The fourth-order valence-electron chi connectivity index (χ4n) is 2.82. The van der Waals surface area contributed by atoms with Gasteiger partial charge in [0.25, 0.3) is 0 Å². The van der Waals surface area contributed by atoms with Crippen LogP contribution in [0.2, 0.25) is 0 Å². The third-order valence-electron chi connectivity index (χ3n) is 3.92. The van der Waals surface area contributed by atoms with Gasteiger partial charge in [0.05, 0.1) is 6.10 Å². The van der Waals surface area contributed by atoms with Gasteiger partial charge in [0.1, 0.15) is 5.75 Å². The number of hydrogen-bond acceptors (Lipinski definition) is 1. The molecule has 2 heteroatoms. The van der Waals surface area contributed by atoms with Crippen LogP contribution in [-0.4, -0.2) is 6.10 Å². The third-order valence-corrected chi connectivity index (χ3v) is 4.23. The molecular weight excluding hydrogens is 244 g/mol. The molecule has 0 aromatic heterocycles. The monoisotopic (exact) mass is 266 g/mol. The standard InChI is InChI=1S/C16H23ClO/c1-11-4-6-15(7-5-11)18-16-12(2)8-14(10-17)9-13(16)3/h8-9,11,15H,4-7,10H2,1-3H3. The van der Waals surface area contributed by atoms with E-state index in [9.17, 15) is 0 Å². The van der Waals surface area contributed by atoms with Crippen molar-refractivity contribution in [3.8, 4) is 5.75 Å². The van der Waals surface area contributed by atoms with Crippen molar-refractivity contribution < 1.29 is 4.74 Å². The lowest BCUT2D eigenvalue weighted by molar-refractivity contribution is 0.134. The Labute approximate surface area is 115 Å². The van der Waals surface area contributed by atoms with Crippen LogP contribution in [0.15, 0.2) is 12.1 Å². The molecule has 100 valence electrons. The topological polar surface area (TPSA) is 9.23 Å². The number of ether oxygens (including phenoxy) is 1. The van der Waals surface area contributed by atoms with Crippen LogP contribution >= 0.6 is 11.6 Å². The van der Waals surface area contributed by atoms with Gasteiger partial charge in [-0.3, -0.25) is 0 Å². The summed E-state index contributed by atoms with van der Waals surface area (Å²) in [7, 11) is 0. The average molecular weight is 267 g/mol. The van der Waals surface area contributed by atoms with Gasteiger partial charge in [-0.15, -0.1) is 11.6 Å². The predicted octanol–water partition coefficient (Wildman–Crippen LogP) is 5.00. The molecule has 0 amide bonds. The summed E-state index contributed by atoms with van der Waals surface area (Å²) in [6, 6.07) is 4.28. The second kappa shape index (κ2) is 5.97. The zero-order valence-corrected chi connectivity index (χ0v) is 12.4. The second-order valence-corrected chi connectivity index (χ2v) is 5.96. The van der Waals surface area contributed by atoms with E-state index in [-0.39, 0.29) is 0 Å². The zero-order valence-electron chi connectivity index (χ0n) is 11.6. The quantitative estimate of drug-likeness (QED) is 0.700. The molecular formula is C16H23ClO. The van der Waals surface area contributed by atoms with Gasteiger partial charge in [-0.05, 0) is 62.1 Å². The van der Waals surface area contributed by atoms with Gasteiger partial charge < -0.3 is 4.74 Å². The van der Waals surface area contributed by atoms with Gasteiger partial charge in [0, 0.05) is 5.88 Å². The molecule has 0 radical (unpaired) electrons. The molecule has 0 N–H and O–H groups in total. The molecule has 0 unspecified atom stereocenters. The van der Waals surface area contributed by atoms with E-state index in [0.29, 0.717) is 12.0 Å². The zero-order chi connectivity index (χ0) is 13.1. The van der Waals surface area contributed by atoms with Crippen LogP contribution in [0, 0.1) is 19.8 Å². The van der Waals surface area contributed by atoms with Crippen LogP contribution in [-0.2, 0) is 5.88 Å². The maximum atomic E-state index is 6.22. The van der Waals surface area contributed by atoms with Crippen molar-refractivity contribution in [2.45, 2.75) is 58.4 Å². The van der Waals surface area contributed by atoms with Gasteiger partial charge in [-0.25, -0.2) is 0 Å². The molecule has 0 saturated heterocycles. The Morgan fingerprint density at radius 2 is 1.67 bits per heavy atom. The summed E-state index contributed by atoms with van der Waals surface area (Å²) in [5.41, 5.74) is 3.60. The van der Waals surface area contributed by atoms with Crippen LogP contribution in [0.25, 0.3) is 0 Å². The third kappa shape index (κ3) is 3.20. The summed E-state index contributed by atoms with van der Waals surface area (Å²) < 4.78 is 6.22. The van der Waals surface area contributed by atoms with Gasteiger partial charge in [-0.1, -0.05) is 19.1 Å². The van der Waals surface area contributed by atoms with E-state index in [1.165, 1.54) is 42.4 Å². The first-order valence-corrected chi connectivity index (χ1v) is 7.46. The van der Waals surface area contributed by atoms with E-state index < -0.39 is 0 Å². The second-order valence-electron chi connectivity index (χ2n) is 5.69. The SMILES string of the molecule is Cc1cc(CCl)cc(C)c1OC1CCC(C)CC1. The van der Waals surface area contributed by atoms with Crippen molar-refractivity contribution in [2.24, 2.45) is 5.92 Å². The number of halogens is 1. The number of benzene rings is 1. The number of rotatable bonds is 3. The minimum absolute atomic E-state index is 0.403. The van der Waals surface area contributed by atoms with Crippen LogP contribution in [0.3, 0.4) is 0 Å². The Kier molecular flexibility index (Phi) is 4.55. The van der Waals surface area contributed by atoms with E-state index in [2.05, 4.69) is 32.9 Å². The summed E-state index contributed by atoms with van der Waals surface area (Å²) in [6.45, 7) is 6.57. The molecule has 1 aliphatic carbocycles.